The fraction of sp³-hybridized carbons (Fsp3) is 0.0714. The molecule has 1 N–H and O–H groups in total. The number of fused-ring (bicyclic) bond motifs is 1. The van der Waals surface area contributed by atoms with Crippen molar-refractivity contribution in [1.29, 1.82) is 0 Å². The smallest absolute Gasteiger partial charge is 0.178 e. The molecule has 0 atom stereocenters. The SMILES string of the molecule is Fc1ccc(F)c(Cn2c(=S)[nH]c3ccccc32)c1. The van der Waals surface area contributed by atoms with Crippen molar-refractivity contribution in [2.45, 2.75) is 6.54 Å². The Morgan fingerprint density at radius 3 is 2.74 bits per heavy atom. The topological polar surface area (TPSA) is 20.7 Å². The van der Waals surface area contributed by atoms with Crippen LogP contribution in [0.5, 0.6) is 0 Å². The first-order valence-corrected chi connectivity index (χ1v) is 6.17. The minimum absolute atomic E-state index is 0.201. The minimum Gasteiger partial charge on any atom is -0.331 e. The number of halogens is 2. The number of H-pyrrole nitrogens is 1. The van der Waals surface area contributed by atoms with E-state index in [1.807, 2.05) is 24.3 Å². The molecule has 0 unspecified atom stereocenters. The summed E-state index contributed by atoms with van der Waals surface area (Å²) in [6.07, 6.45) is 0. The van der Waals surface area contributed by atoms with Crippen LogP contribution in [0.3, 0.4) is 0 Å². The first-order valence-electron chi connectivity index (χ1n) is 5.76. The van der Waals surface area contributed by atoms with Crippen LogP contribution in [0, 0.1) is 16.4 Å². The molecule has 96 valence electrons. The lowest BCUT2D eigenvalue weighted by Gasteiger charge is -2.06. The second-order valence-electron chi connectivity index (χ2n) is 4.27. The van der Waals surface area contributed by atoms with Crippen LogP contribution in [-0.2, 0) is 6.54 Å². The normalized spacial score (nSPS) is 11.1. The van der Waals surface area contributed by atoms with Crippen molar-refractivity contribution in [1.82, 2.24) is 9.55 Å². The Labute approximate surface area is 113 Å². The summed E-state index contributed by atoms with van der Waals surface area (Å²) in [6.45, 7) is 0.201. The summed E-state index contributed by atoms with van der Waals surface area (Å²) in [5.74, 6) is -0.892. The van der Waals surface area contributed by atoms with Gasteiger partial charge >= 0.3 is 0 Å². The number of para-hydroxylation sites is 2. The molecule has 19 heavy (non-hydrogen) atoms. The van der Waals surface area contributed by atoms with Crippen molar-refractivity contribution in [3.63, 3.8) is 0 Å². The maximum atomic E-state index is 13.7. The maximum absolute atomic E-state index is 13.7. The number of imidazole rings is 1. The lowest BCUT2D eigenvalue weighted by Crippen LogP contribution is -2.02. The molecular weight excluding hydrogens is 266 g/mol. The van der Waals surface area contributed by atoms with Crippen molar-refractivity contribution in [3.05, 3.63) is 64.4 Å². The average molecular weight is 276 g/mol. The van der Waals surface area contributed by atoms with E-state index in [2.05, 4.69) is 4.98 Å². The second-order valence-corrected chi connectivity index (χ2v) is 4.66. The standard InChI is InChI=1S/C14H10F2N2S/c15-10-5-6-11(16)9(7-10)8-18-13-4-2-1-3-12(13)17-14(18)19/h1-7H,8H2,(H,17,19). The Bertz CT molecular complexity index is 805. The van der Waals surface area contributed by atoms with Gasteiger partial charge in [0, 0.05) is 5.56 Å². The fourth-order valence-corrected chi connectivity index (χ4v) is 2.37. The van der Waals surface area contributed by atoms with Gasteiger partial charge in [-0.15, -0.1) is 0 Å². The summed E-state index contributed by atoms with van der Waals surface area (Å²) in [6, 6.07) is 11.0. The summed E-state index contributed by atoms with van der Waals surface area (Å²) in [5.41, 5.74) is 2.03. The van der Waals surface area contributed by atoms with Gasteiger partial charge < -0.3 is 9.55 Å². The van der Waals surface area contributed by atoms with E-state index >= 15 is 0 Å². The van der Waals surface area contributed by atoms with Gasteiger partial charge in [0.05, 0.1) is 17.6 Å². The molecule has 3 aromatic rings. The van der Waals surface area contributed by atoms with Crippen molar-refractivity contribution >= 4 is 23.3 Å². The van der Waals surface area contributed by atoms with E-state index in [4.69, 9.17) is 12.2 Å². The molecule has 0 fully saturated rings. The minimum atomic E-state index is -0.456. The van der Waals surface area contributed by atoms with Crippen LogP contribution in [0.4, 0.5) is 8.78 Å². The lowest BCUT2D eigenvalue weighted by molar-refractivity contribution is 0.578. The molecule has 0 saturated carbocycles. The third-order valence-corrected chi connectivity index (χ3v) is 3.34. The van der Waals surface area contributed by atoms with Crippen LogP contribution in [0.15, 0.2) is 42.5 Å². The number of nitrogens with zero attached hydrogens (tertiary/aromatic N) is 1. The van der Waals surface area contributed by atoms with E-state index < -0.39 is 11.6 Å². The highest BCUT2D eigenvalue weighted by molar-refractivity contribution is 7.71. The molecule has 3 rings (SSSR count). The van der Waals surface area contributed by atoms with Crippen molar-refractivity contribution in [2.75, 3.05) is 0 Å². The molecule has 0 spiro atoms. The molecule has 0 amide bonds. The number of hydrogen-bond donors (Lipinski definition) is 1. The highest BCUT2D eigenvalue weighted by atomic mass is 32.1. The monoisotopic (exact) mass is 276 g/mol. The number of hydrogen-bond acceptors (Lipinski definition) is 1. The van der Waals surface area contributed by atoms with Crippen LogP contribution in [0.25, 0.3) is 11.0 Å². The molecule has 0 aliphatic rings. The van der Waals surface area contributed by atoms with Gasteiger partial charge in [0.2, 0.25) is 0 Å². The first kappa shape index (κ1) is 12.0. The lowest BCUT2D eigenvalue weighted by atomic mass is 10.2. The summed E-state index contributed by atoms with van der Waals surface area (Å²) in [5, 5.41) is 0. The maximum Gasteiger partial charge on any atom is 0.178 e. The third kappa shape index (κ3) is 2.17. The van der Waals surface area contributed by atoms with Crippen molar-refractivity contribution in [2.24, 2.45) is 0 Å². The molecule has 0 radical (unpaired) electrons. The fourth-order valence-electron chi connectivity index (χ4n) is 2.10. The highest BCUT2D eigenvalue weighted by Gasteiger charge is 2.08. The van der Waals surface area contributed by atoms with E-state index in [9.17, 15) is 8.78 Å². The van der Waals surface area contributed by atoms with Crippen molar-refractivity contribution in [3.8, 4) is 0 Å². The molecule has 5 heteroatoms. The van der Waals surface area contributed by atoms with E-state index in [1.54, 1.807) is 4.57 Å². The van der Waals surface area contributed by atoms with Crippen LogP contribution in [0.1, 0.15) is 5.56 Å². The zero-order valence-corrected chi connectivity index (χ0v) is 10.7. The quantitative estimate of drug-likeness (QED) is 0.701. The Hall–Kier alpha value is -2.01. The predicted molar refractivity (Wildman–Crippen MR) is 72.6 cm³/mol. The zero-order valence-electron chi connectivity index (χ0n) is 9.86. The zero-order chi connectivity index (χ0) is 13.4. The summed E-state index contributed by atoms with van der Waals surface area (Å²) in [7, 11) is 0. The third-order valence-electron chi connectivity index (χ3n) is 3.02. The van der Waals surface area contributed by atoms with Gasteiger partial charge in [-0.2, -0.15) is 0 Å². The van der Waals surface area contributed by atoms with Crippen LogP contribution in [-0.4, -0.2) is 9.55 Å². The Kier molecular flexibility index (Phi) is 2.91. The Morgan fingerprint density at radius 1 is 1.11 bits per heavy atom. The molecular formula is C14H10F2N2S. The van der Waals surface area contributed by atoms with Gasteiger partial charge in [-0.25, -0.2) is 8.78 Å². The molecule has 0 saturated heterocycles. The summed E-state index contributed by atoms with van der Waals surface area (Å²) < 4.78 is 29.1. The number of benzene rings is 2. The number of nitrogens with one attached hydrogen (secondary N) is 1. The van der Waals surface area contributed by atoms with Gasteiger partial charge in [-0.3, -0.25) is 0 Å². The van der Waals surface area contributed by atoms with Gasteiger partial charge in [-0.1, -0.05) is 12.1 Å². The van der Waals surface area contributed by atoms with Crippen molar-refractivity contribution < 1.29 is 8.78 Å². The van der Waals surface area contributed by atoms with E-state index in [1.165, 1.54) is 6.07 Å². The van der Waals surface area contributed by atoms with E-state index in [0.29, 0.717) is 4.77 Å². The number of aromatic amines is 1. The molecule has 2 nitrogen and oxygen atoms in total. The van der Waals surface area contributed by atoms with Gasteiger partial charge in [-0.05, 0) is 42.5 Å². The van der Waals surface area contributed by atoms with E-state index in [-0.39, 0.29) is 12.1 Å². The molecule has 0 aliphatic carbocycles. The molecule has 0 aliphatic heterocycles. The number of rotatable bonds is 2. The summed E-state index contributed by atoms with van der Waals surface area (Å²) >= 11 is 5.22. The van der Waals surface area contributed by atoms with Crippen LogP contribution >= 0.6 is 12.2 Å². The second kappa shape index (κ2) is 4.59. The molecule has 1 aromatic heterocycles. The van der Waals surface area contributed by atoms with Crippen LogP contribution < -0.4 is 0 Å². The summed E-state index contributed by atoms with van der Waals surface area (Å²) in [4.78, 5) is 3.04. The molecule has 2 aromatic carbocycles. The molecule has 0 bridgehead atoms. The average Bonchev–Trinajstić information content (AvgIpc) is 2.71. The Morgan fingerprint density at radius 2 is 1.89 bits per heavy atom. The van der Waals surface area contributed by atoms with Gasteiger partial charge in [0.25, 0.3) is 0 Å². The number of aromatic nitrogens is 2. The van der Waals surface area contributed by atoms with E-state index in [0.717, 1.165) is 23.2 Å². The molecule has 1 heterocycles. The van der Waals surface area contributed by atoms with Crippen LogP contribution in [0.2, 0.25) is 0 Å². The Balaban J connectivity index is 2.13. The predicted octanol–water partition coefficient (Wildman–Crippen LogP) is 4.03. The van der Waals surface area contributed by atoms with Gasteiger partial charge in [0.1, 0.15) is 11.6 Å². The largest absolute Gasteiger partial charge is 0.331 e. The highest BCUT2D eigenvalue weighted by Crippen LogP contribution is 2.17. The van der Waals surface area contributed by atoms with Gasteiger partial charge in [0.15, 0.2) is 4.77 Å². The first-order chi connectivity index (χ1) is 9.15.